The Bertz CT molecular complexity index is 256. The number of hydrogen-bond donors (Lipinski definition) is 1. The zero-order chi connectivity index (χ0) is 16.9. The first kappa shape index (κ1) is 22.2. The summed E-state index contributed by atoms with van der Waals surface area (Å²) in [5, 5.41) is 9.62. The van der Waals surface area contributed by atoms with E-state index in [2.05, 4.69) is 6.92 Å². The van der Waals surface area contributed by atoms with E-state index in [0.29, 0.717) is 32.5 Å². The van der Waals surface area contributed by atoms with Crippen molar-refractivity contribution in [2.24, 2.45) is 0 Å². The molecule has 0 heterocycles. The molecule has 6 nitrogen and oxygen atoms in total. The van der Waals surface area contributed by atoms with Crippen LogP contribution in [0.3, 0.4) is 0 Å². The molecular formula is C14H34O6Si2. The van der Waals surface area contributed by atoms with Crippen LogP contribution in [-0.4, -0.2) is 48.1 Å². The van der Waals surface area contributed by atoms with Crippen molar-refractivity contribution < 1.29 is 27.5 Å². The molecule has 0 unspecified atom stereocenters. The van der Waals surface area contributed by atoms with Crippen molar-refractivity contribution in [2.45, 2.75) is 66.3 Å². The van der Waals surface area contributed by atoms with Crippen LogP contribution in [0.5, 0.6) is 0 Å². The zero-order valence-electron chi connectivity index (χ0n) is 14.9. The normalized spacial score (nSPS) is 12.8. The van der Waals surface area contributed by atoms with Crippen molar-refractivity contribution in [3.63, 3.8) is 0 Å². The fourth-order valence-electron chi connectivity index (χ4n) is 2.53. The molecule has 0 aliphatic heterocycles. The van der Waals surface area contributed by atoms with Crippen LogP contribution in [0.2, 0.25) is 6.04 Å². The lowest BCUT2D eigenvalue weighted by Crippen LogP contribution is -2.72. The van der Waals surface area contributed by atoms with Gasteiger partial charge in [-0.15, -0.1) is 0 Å². The summed E-state index contributed by atoms with van der Waals surface area (Å²) < 4.78 is 28.6. The molecule has 0 aliphatic rings. The first-order valence-corrected chi connectivity index (χ1v) is 13.2. The van der Waals surface area contributed by atoms with Crippen LogP contribution in [0.25, 0.3) is 0 Å². The maximum Gasteiger partial charge on any atom is 0.566 e. The molecule has 0 radical (unpaired) electrons. The minimum absolute atomic E-state index is 0.386. The highest BCUT2D eigenvalue weighted by atomic mass is 29.3. The average Bonchev–Trinajstić information content (AvgIpc) is 2.51. The molecule has 0 spiro atoms. The lowest BCUT2D eigenvalue weighted by molar-refractivity contribution is -0.193. The molecule has 0 saturated carbocycles. The number of unbranched alkanes of at least 4 members (excludes halogenated alkanes) is 3. The van der Waals surface area contributed by atoms with Crippen LogP contribution in [0.1, 0.15) is 60.3 Å². The molecule has 0 rings (SSSR count). The van der Waals surface area contributed by atoms with Crippen LogP contribution in [0.15, 0.2) is 0 Å². The van der Waals surface area contributed by atoms with Crippen molar-refractivity contribution in [2.75, 3.05) is 26.4 Å². The SMILES string of the molecule is CCCCCC[Si](OCC)(OCC)[Si](OO)(OCC)OCC. The Labute approximate surface area is 137 Å². The molecule has 22 heavy (non-hydrogen) atoms. The van der Waals surface area contributed by atoms with Crippen molar-refractivity contribution in [3.8, 4) is 0 Å². The standard InChI is InChI=1S/C14H34O6Si2/c1-6-11-12-13-14-21(16-7-2,17-8-3)22(20-15,18-9-4)19-10-5/h15H,6-14H2,1-5H3. The van der Waals surface area contributed by atoms with Crippen molar-refractivity contribution in [1.29, 1.82) is 0 Å². The molecule has 0 atom stereocenters. The Balaban J connectivity index is 5.40. The Hall–Kier alpha value is 0.194. The van der Waals surface area contributed by atoms with Crippen LogP contribution >= 0.6 is 0 Å². The van der Waals surface area contributed by atoms with Gasteiger partial charge in [0.1, 0.15) is 0 Å². The fourth-order valence-corrected chi connectivity index (χ4v) is 12.7. The quantitative estimate of drug-likeness (QED) is 0.209. The van der Waals surface area contributed by atoms with Crippen LogP contribution in [0, 0.1) is 0 Å². The molecule has 1 N–H and O–H groups in total. The molecule has 0 bridgehead atoms. The van der Waals surface area contributed by atoms with Gasteiger partial charge < -0.3 is 17.7 Å². The third-order valence-electron chi connectivity index (χ3n) is 3.37. The molecule has 0 fully saturated rings. The summed E-state index contributed by atoms with van der Waals surface area (Å²) in [7, 11) is -6.35. The summed E-state index contributed by atoms with van der Waals surface area (Å²) in [5.41, 5.74) is 0. The van der Waals surface area contributed by atoms with Crippen molar-refractivity contribution in [1.82, 2.24) is 0 Å². The maximum atomic E-state index is 9.62. The van der Waals surface area contributed by atoms with E-state index in [0.717, 1.165) is 19.3 Å². The third-order valence-corrected chi connectivity index (χ3v) is 14.0. The van der Waals surface area contributed by atoms with E-state index in [9.17, 15) is 5.26 Å². The van der Waals surface area contributed by atoms with E-state index in [1.807, 2.05) is 27.7 Å². The first-order valence-electron chi connectivity index (χ1n) is 8.50. The second-order valence-corrected chi connectivity index (χ2v) is 13.5. The van der Waals surface area contributed by atoms with Gasteiger partial charge in [0.05, 0.1) is 0 Å². The minimum atomic E-state index is -3.40. The van der Waals surface area contributed by atoms with E-state index >= 15 is 0 Å². The number of hydrogen-bond acceptors (Lipinski definition) is 6. The third kappa shape index (κ3) is 6.01. The highest BCUT2D eigenvalue weighted by Crippen LogP contribution is 2.31. The molecular weight excluding hydrogens is 320 g/mol. The highest BCUT2D eigenvalue weighted by molar-refractivity contribution is 7.29. The van der Waals surface area contributed by atoms with E-state index in [1.54, 1.807) is 0 Å². The Morgan fingerprint density at radius 1 is 0.682 bits per heavy atom. The Morgan fingerprint density at radius 2 is 1.18 bits per heavy atom. The molecule has 8 heteroatoms. The van der Waals surface area contributed by atoms with Crippen LogP contribution in [0.4, 0.5) is 0 Å². The Kier molecular flexibility index (Phi) is 12.7. The summed E-state index contributed by atoms with van der Waals surface area (Å²) in [4.78, 5) is 0. The van der Waals surface area contributed by atoms with Gasteiger partial charge >= 0.3 is 16.4 Å². The van der Waals surface area contributed by atoms with Gasteiger partial charge in [-0.05, 0) is 33.7 Å². The van der Waals surface area contributed by atoms with Crippen molar-refractivity contribution >= 4 is 16.4 Å². The predicted octanol–water partition coefficient (Wildman–Crippen LogP) is 3.66. The Morgan fingerprint density at radius 3 is 1.55 bits per heavy atom. The van der Waals surface area contributed by atoms with Gasteiger partial charge in [0.15, 0.2) is 0 Å². The lowest BCUT2D eigenvalue weighted by Gasteiger charge is -2.39. The second kappa shape index (κ2) is 12.6. The smallest absolute Gasteiger partial charge is 0.392 e. The van der Waals surface area contributed by atoms with E-state index in [-0.39, 0.29) is 0 Å². The zero-order valence-corrected chi connectivity index (χ0v) is 16.9. The molecule has 0 aromatic rings. The van der Waals surface area contributed by atoms with E-state index < -0.39 is 16.4 Å². The van der Waals surface area contributed by atoms with E-state index in [4.69, 9.17) is 22.3 Å². The first-order chi connectivity index (χ1) is 10.6. The van der Waals surface area contributed by atoms with Gasteiger partial charge in [-0.2, -0.15) is 0 Å². The van der Waals surface area contributed by atoms with Gasteiger partial charge in [0.2, 0.25) is 0 Å². The van der Waals surface area contributed by atoms with Gasteiger partial charge in [-0.1, -0.05) is 32.6 Å². The van der Waals surface area contributed by atoms with Gasteiger partial charge in [0.25, 0.3) is 0 Å². The topological polar surface area (TPSA) is 66.4 Å². The van der Waals surface area contributed by atoms with E-state index in [1.165, 1.54) is 6.42 Å². The van der Waals surface area contributed by atoms with Gasteiger partial charge in [0, 0.05) is 26.4 Å². The lowest BCUT2D eigenvalue weighted by atomic mass is 10.2. The number of rotatable bonds is 15. The molecule has 134 valence electrons. The highest BCUT2D eigenvalue weighted by Gasteiger charge is 2.68. The van der Waals surface area contributed by atoms with Gasteiger partial charge in [-0.3, -0.25) is 5.26 Å². The summed E-state index contributed by atoms with van der Waals surface area (Å²) in [5.74, 6) is 0. The summed E-state index contributed by atoms with van der Waals surface area (Å²) >= 11 is 0. The predicted molar refractivity (Wildman–Crippen MR) is 90.7 cm³/mol. The molecule has 0 aromatic carbocycles. The molecule has 0 amide bonds. The summed E-state index contributed by atoms with van der Waals surface area (Å²) in [6.07, 6.45) is 4.38. The van der Waals surface area contributed by atoms with Gasteiger partial charge in [-0.25, -0.2) is 4.58 Å². The molecule has 0 saturated heterocycles. The maximum absolute atomic E-state index is 9.62. The second-order valence-electron chi connectivity index (χ2n) is 4.94. The summed E-state index contributed by atoms with van der Waals surface area (Å²) in [6.45, 7) is 11.5. The molecule has 0 aromatic heterocycles. The van der Waals surface area contributed by atoms with Crippen molar-refractivity contribution in [3.05, 3.63) is 0 Å². The minimum Gasteiger partial charge on any atom is -0.392 e. The van der Waals surface area contributed by atoms with Crippen LogP contribution in [-0.2, 0) is 22.3 Å². The fraction of sp³-hybridized carbons (Fsp3) is 1.00. The largest absolute Gasteiger partial charge is 0.566 e. The average molecular weight is 355 g/mol. The molecule has 0 aliphatic carbocycles. The monoisotopic (exact) mass is 354 g/mol. The summed E-state index contributed by atoms with van der Waals surface area (Å²) in [6, 6.07) is 0.710. The van der Waals surface area contributed by atoms with Crippen LogP contribution < -0.4 is 0 Å².